The molecule has 5 heteroatoms. The van der Waals surface area contributed by atoms with Crippen molar-refractivity contribution in [2.75, 3.05) is 32.7 Å². The van der Waals surface area contributed by atoms with Crippen LogP contribution in [0.4, 0.5) is 4.39 Å². The number of β-amino-alcohol motifs (C(OH)–C–C–N with tert-alkyl or cyclic N) is 1. The molecule has 25 heavy (non-hydrogen) atoms. The largest absolute Gasteiger partial charge is 0.391 e. The molecule has 1 aliphatic rings. The molecule has 2 aromatic rings. The van der Waals surface area contributed by atoms with Gasteiger partial charge in [-0.3, -0.25) is 9.80 Å². The van der Waals surface area contributed by atoms with E-state index in [9.17, 15) is 9.50 Å². The van der Waals surface area contributed by atoms with Crippen LogP contribution in [0.1, 0.15) is 11.1 Å². The molecule has 1 N–H and O–H groups in total. The Hall–Kier alpha value is -1.46. The normalized spacial score (nSPS) is 17.6. The monoisotopic (exact) mass is 362 g/mol. The molecule has 0 bridgehead atoms. The van der Waals surface area contributed by atoms with Crippen molar-refractivity contribution in [3.63, 3.8) is 0 Å². The lowest BCUT2D eigenvalue weighted by atomic mass is 10.1. The molecule has 0 spiro atoms. The number of hydrogen-bond acceptors (Lipinski definition) is 3. The minimum Gasteiger partial charge on any atom is -0.391 e. The first-order chi connectivity index (χ1) is 12.1. The highest BCUT2D eigenvalue weighted by Gasteiger charge is 2.19. The second-order valence-corrected chi connectivity index (χ2v) is 7.12. The van der Waals surface area contributed by atoms with E-state index < -0.39 is 6.10 Å². The van der Waals surface area contributed by atoms with E-state index in [4.69, 9.17) is 11.6 Å². The van der Waals surface area contributed by atoms with E-state index in [1.54, 1.807) is 12.1 Å². The molecule has 0 aliphatic carbocycles. The lowest BCUT2D eigenvalue weighted by Gasteiger charge is -2.35. The summed E-state index contributed by atoms with van der Waals surface area (Å²) in [5.74, 6) is -0.241. The first-order valence-corrected chi connectivity index (χ1v) is 9.08. The maximum absolute atomic E-state index is 12.9. The van der Waals surface area contributed by atoms with Crippen molar-refractivity contribution in [3.05, 3.63) is 70.5 Å². The third kappa shape index (κ3) is 5.79. The van der Waals surface area contributed by atoms with Crippen LogP contribution in [-0.4, -0.2) is 53.7 Å². The average Bonchev–Trinajstić information content (AvgIpc) is 2.61. The van der Waals surface area contributed by atoms with Crippen LogP contribution >= 0.6 is 11.6 Å². The lowest BCUT2D eigenvalue weighted by molar-refractivity contribution is 0.0704. The van der Waals surface area contributed by atoms with Crippen LogP contribution in [0.5, 0.6) is 0 Å². The van der Waals surface area contributed by atoms with Gasteiger partial charge in [0.1, 0.15) is 5.82 Å². The Kier molecular flexibility index (Phi) is 6.43. The number of nitrogens with zero attached hydrogens (tertiary/aromatic N) is 2. The van der Waals surface area contributed by atoms with Crippen LogP contribution in [0.25, 0.3) is 0 Å². The highest BCUT2D eigenvalue weighted by atomic mass is 35.5. The van der Waals surface area contributed by atoms with Crippen LogP contribution < -0.4 is 0 Å². The van der Waals surface area contributed by atoms with Gasteiger partial charge in [0.15, 0.2) is 0 Å². The average molecular weight is 363 g/mol. The number of aliphatic hydroxyl groups excluding tert-OH is 1. The summed E-state index contributed by atoms with van der Waals surface area (Å²) in [6.45, 7) is 5.48. The van der Waals surface area contributed by atoms with Crippen molar-refractivity contribution in [1.82, 2.24) is 9.80 Å². The van der Waals surface area contributed by atoms with Crippen LogP contribution in [0, 0.1) is 5.82 Å². The summed E-state index contributed by atoms with van der Waals surface area (Å²) < 4.78 is 12.9. The summed E-state index contributed by atoms with van der Waals surface area (Å²) in [7, 11) is 0. The number of rotatable bonds is 6. The fourth-order valence-electron chi connectivity index (χ4n) is 3.23. The molecule has 1 fully saturated rings. The molecule has 1 aliphatic heterocycles. The Morgan fingerprint density at radius 1 is 0.880 bits per heavy atom. The third-order valence-corrected chi connectivity index (χ3v) is 4.89. The summed E-state index contributed by atoms with van der Waals surface area (Å²) >= 11 is 5.93. The Balaban J connectivity index is 1.41. The molecule has 134 valence electrons. The van der Waals surface area contributed by atoms with Crippen molar-refractivity contribution in [3.8, 4) is 0 Å². The summed E-state index contributed by atoms with van der Waals surface area (Å²) in [6.07, 6.45) is 0.138. The fraction of sp³-hybridized carbons (Fsp3) is 0.400. The number of benzene rings is 2. The van der Waals surface area contributed by atoms with Gasteiger partial charge in [-0.25, -0.2) is 4.39 Å². The van der Waals surface area contributed by atoms with Crippen LogP contribution in [0.3, 0.4) is 0 Å². The van der Waals surface area contributed by atoms with Crippen molar-refractivity contribution in [2.24, 2.45) is 0 Å². The van der Waals surface area contributed by atoms with E-state index in [0.717, 1.165) is 43.3 Å². The number of halogens is 2. The summed E-state index contributed by atoms with van der Waals surface area (Å²) in [5, 5.41) is 11.1. The Morgan fingerprint density at radius 2 is 1.44 bits per heavy atom. The second-order valence-electron chi connectivity index (χ2n) is 6.69. The van der Waals surface area contributed by atoms with Gasteiger partial charge in [0.25, 0.3) is 0 Å². The standard InChI is InChI=1S/C20H24ClFN2O/c21-18-5-1-17(2-6-18)14-23-9-11-24(12-10-23)15-20(25)13-16-3-7-19(22)8-4-16/h1-8,20,25H,9-15H2/t20-/m0/s1. The van der Waals surface area contributed by atoms with E-state index in [1.165, 1.54) is 17.7 Å². The van der Waals surface area contributed by atoms with E-state index in [2.05, 4.69) is 21.9 Å². The number of aliphatic hydroxyl groups is 1. The zero-order valence-electron chi connectivity index (χ0n) is 14.2. The predicted octanol–water partition coefficient (Wildman–Crippen LogP) is 3.20. The molecule has 0 unspecified atom stereocenters. The lowest BCUT2D eigenvalue weighted by Crippen LogP contribution is -2.48. The van der Waals surface area contributed by atoms with Crippen molar-refractivity contribution < 1.29 is 9.50 Å². The van der Waals surface area contributed by atoms with Gasteiger partial charge in [-0.05, 0) is 41.8 Å². The van der Waals surface area contributed by atoms with Crippen molar-refractivity contribution >= 4 is 11.6 Å². The molecule has 1 atom stereocenters. The van der Waals surface area contributed by atoms with Gasteiger partial charge in [0.2, 0.25) is 0 Å². The minimum absolute atomic E-state index is 0.241. The van der Waals surface area contributed by atoms with E-state index in [0.29, 0.717) is 13.0 Å². The van der Waals surface area contributed by atoms with Crippen molar-refractivity contribution in [1.29, 1.82) is 0 Å². The molecule has 0 saturated carbocycles. The predicted molar refractivity (Wildman–Crippen MR) is 99.3 cm³/mol. The van der Waals surface area contributed by atoms with Gasteiger partial charge in [-0.15, -0.1) is 0 Å². The van der Waals surface area contributed by atoms with Crippen LogP contribution in [0.15, 0.2) is 48.5 Å². The molecule has 0 amide bonds. The molecule has 0 radical (unpaired) electrons. The zero-order valence-corrected chi connectivity index (χ0v) is 15.0. The quantitative estimate of drug-likeness (QED) is 0.854. The molecule has 1 heterocycles. The highest BCUT2D eigenvalue weighted by Crippen LogP contribution is 2.13. The molecule has 0 aromatic heterocycles. The second kappa shape index (κ2) is 8.77. The topological polar surface area (TPSA) is 26.7 Å². The molecule has 2 aromatic carbocycles. The maximum atomic E-state index is 12.9. The zero-order chi connectivity index (χ0) is 17.6. The van der Waals surface area contributed by atoms with Crippen LogP contribution in [-0.2, 0) is 13.0 Å². The van der Waals surface area contributed by atoms with Gasteiger partial charge in [0.05, 0.1) is 6.10 Å². The van der Waals surface area contributed by atoms with E-state index in [1.807, 2.05) is 12.1 Å². The number of piperazine rings is 1. The third-order valence-electron chi connectivity index (χ3n) is 4.64. The summed E-state index contributed by atoms with van der Waals surface area (Å²) in [6, 6.07) is 14.4. The Labute approximate surface area is 153 Å². The van der Waals surface area contributed by atoms with Gasteiger partial charge >= 0.3 is 0 Å². The first kappa shape index (κ1) is 18.3. The highest BCUT2D eigenvalue weighted by molar-refractivity contribution is 6.30. The molecular formula is C20H24ClFN2O. The molecule has 1 saturated heterocycles. The minimum atomic E-state index is -0.423. The first-order valence-electron chi connectivity index (χ1n) is 8.70. The molecule has 3 nitrogen and oxygen atoms in total. The molecule has 3 rings (SSSR count). The summed E-state index contributed by atoms with van der Waals surface area (Å²) in [5.41, 5.74) is 2.24. The number of hydrogen-bond donors (Lipinski definition) is 1. The summed E-state index contributed by atoms with van der Waals surface area (Å²) in [4.78, 5) is 4.72. The van der Waals surface area contributed by atoms with Gasteiger partial charge in [0, 0.05) is 44.3 Å². The maximum Gasteiger partial charge on any atom is 0.123 e. The Morgan fingerprint density at radius 3 is 2.08 bits per heavy atom. The fourth-order valence-corrected chi connectivity index (χ4v) is 3.36. The van der Waals surface area contributed by atoms with Gasteiger partial charge < -0.3 is 5.11 Å². The Bertz CT molecular complexity index is 654. The van der Waals surface area contributed by atoms with Gasteiger partial charge in [-0.2, -0.15) is 0 Å². The smallest absolute Gasteiger partial charge is 0.123 e. The van der Waals surface area contributed by atoms with E-state index >= 15 is 0 Å². The van der Waals surface area contributed by atoms with Gasteiger partial charge in [-0.1, -0.05) is 35.9 Å². The molecular weight excluding hydrogens is 339 g/mol. The van der Waals surface area contributed by atoms with Crippen molar-refractivity contribution in [2.45, 2.75) is 19.1 Å². The SMILES string of the molecule is O[C@@H](Cc1ccc(F)cc1)CN1CCN(Cc2ccc(Cl)cc2)CC1. The van der Waals surface area contributed by atoms with E-state index in [-0.39, 0.29) is 5.82 Å². The van der Waals surface area contributed by atoms with Crippen LogP contribution in [0.2, 0.25) is 5.02 Å².